The van der Waals surface area contributed by atoms with E-state index < -0.39 is 0 Å². The molecule has 2 aromatic rings. The molecule has 0 saturated heterocycles. The van der Waals surface area contributed by atoms with Crippen molar-refractivity contribution in [1.29, 1.82) is 0 Å². The Labute approximate surface area is 101 Å². The van der Waals surface area contributed by atoms with Crippen molar-refractivity contribution < 1.29 is 0 Å². The van der Waals surface area contributed by atoms with E-state index in [1.165, 1.54) is 0 Å². The van der Waals surface area contributed by atoms with Gasteiger partial charge in [0.05, 0.1) is 6.20 Å². The van der Waals surface area contributed by atoms with Gasteiger partial charge in [-0.2, -0.15) is 5.10 Å². The Bertz CT molecular complexity index is 478. The number of fused-ring (bicyclic) bond motifs is 1. The second-order valence-electron chi connectivity index (χ2n) is 4.46. The van der Waals surface area contributed by atoms with Crippen LogP contribution in [0.2, 0.25) is 0 Å². The molecule has 1 N–H and O–H groups in total. The summed E-state index contributed by atoms with van der Waals surface area (Å²) in [4.78, 5) is 6.62. The minimum atomic E-state index is 0.579. The second kappa shape index (κ2) is 5.14. The summed E-state index contributed by atoms with van der Waals surface area (Å²) in [5, 5.41) is 7.41. The Kier molecular flexibility index (Phi) is 3.58. The molecule has 0 saturated carbocycles. The van der Waals surface area contributed by atoms with Gasteiger partial charge < -0.3 is 10.2 Å². The maximum atomic E-state index is 4.44. The standard InChI is InChI=1S/C12H19N5/c1-10(8-13-2)9-16(3)12-11-4-5-15-17(11)7-6-14-12/h4-7,10,13H,8-9H2,1-3H3. The molecule has 1 atom stereocenters. The van der Waals surface area contributed by atoms with Crippen LogP contribution >= 0.6 is 0 Å². The molecular weight excluding hydrogens is 214 g/mol. The predicted octanol–water partition coefficient (Wildman–Crippen LogP) is 1.02. The van der Waals surface area contributed by atoms with Crippen molar-refractivity contribution in [3.05, 3.63) is 24.7 Å². The fraction of sp³-hybridized carbons (Fsp3) is 0.500. The van der Waals surface area contributed by atoms with Crippen molar-refractivity contribution in [3.63, 3.8) is 0 Å². The lowest BCUT2D eigenvalue weighted by molar-refractivity contribution is 0.541. The highest BCUT2D eigenvalue weighted by molar-refractivity contribution is 5.67. The second-order valence-corrected chi connectivity index (χ2v) is 4.46. The van der Waals surface area contributed by atoms with Gasteiger partial charge in [-0.25, -0.2) is 9.50 Å². The summed E-state index contributed by atoms with van der Waals surface area (Å²) in [6.07, 6.45) is 5.45. The third kappa shape index (κ3) is 2.55. The number of nitrogens with zero attached hydrogens (tertiary/aromatic N) is 4. The molecule has 0 aromatic carbocycles. The van der Waals surface area contributed by atoms with E-state index in [0.717, 1.165) is 24.4 Å². The highest BCUT2D eigenvalue weighted by Gasteiger charge is 2.11. The molecule has 2 aromatic heterocycles. The van der Waals surface area contributed by atoms with Crippen molar-refractivity contribution in [2.75, 3.05) is 32.1 Å². The first-order chi connectivity index (χ1) is 8.22. The molecule has 92 valence electrons. The fourth-order valence-corrected chi connectivity index (χ4v) is 2.10. The fourth-order valence-electron chi connectivity index (χ4n) is 2.10. The topological polar surface area (TPSA) is 45.5 Å². The van der Waals surface area contributed by atoms with Gasteiger partial charge in [0.25, 0.3) is 0 Å². The van der Waals surface area contributed by atoms with E-state index in [0.29, 0.717) is 5.92 Å². The van der Waals surface area contributed by atoms with Crippen LogP contribution in [0.1, 0.15) is 6.92 Å². The number of hydrogen-bond acceptors (Lipinski definition) is 4. The molecule has 5 nitrogen and oxygen atoms in total. The minimum absolute atomic E-state index is 0.579. The molecular formula is C12H19N5. The van der Waals surface area contributed by atoms with E-state index in [-0.39, 0.29) is 0 Å². The van der Waals surface area contributed by atoms with Crippen LogP contribution in [-0.2, 0) is 0 Å². The Morgan fingerprint density at radius 2 is 2.29 bits per heavy atom. The zero-order valence-corrected chi connectivity index (χ0v) is 10.6. The monoisotopic (exact) mass is 233 g/mol. The molecule has 0 amide bonds. The van der Waals surface area contributed by atoms with Gasteiger partial charge >= 0.3 is 0 Å². The van der Waals surface area contributed by atoms with Gasteiger partial charge in [-0.3, -0.25) is 0 Å². The molecule has 0 bridgehead atoms. The Balaban J connectivity index is 2.18. The number of hydrogen-bond donors (Lipinski definition) is 1. The quantitative estimate of drug-likeness (QED) is 0.837. The van der Waals surface area contributed by atoms with Crippen LogP contribution < -0.4 is 10.2 Å². The van der Waals surface area contributed by atoms with Crippen molar-refractivity contribution in [2.24, 2.45) is 5.92 Å². The average molecular weight is 233 g/mol. The van der Waals surface area contributed by atoms with Gasteiger partial charge in [0.2, 0.25) is 0 Å². The molecule has 1 unspecified atom stereocenters. The Hall–Kier alpha value is -1.62. The summed E-state index contributed by atoms with van der Waals surface area (Å²) in [7, 11) is 4.05. The Morgan fingerprint density at radius 3 is 3.06 bits per heavy atom. The maximum absolute atomic E-state index is 4.44. The highest BCUT2D eigenvalue weighted by atomic mass is 15.3. The minimum Gasteiger partial charge on any atom is -0.358 e. The van der Waals surface area contributed by atoms with Crippen molar-refractivity contribution >= 4 is 11.3 Å². The lowest BCUT2D eigenvalue weighted by atomic mass is 10.1. The van der Waals surface area contributed by atoms with Crippen LogP contribution in [0, 0.1) is 5.92 Å². The van der Waals surface area contributed by atoms with E-state index in [1.807, 2.05) is 23.8 Å². The first-order valence-corrected chi connectivity index (χ1v) is 5.86. The smallest absolute Gasteiger partial charge is 0.154 e. The van der Waals surface area contributed by atoms with E-state index in [9.17, 15) is 0 Å². The van der Waals surface area contributed by atoms with Crippen molar-refractivity contribution in [3.8, 4) is 0 Å². The maximum Gasteiger partial charge on any atom is 0.154 e. The largest absolute Gasteiger partial charge is 0.358 e. The number of anilines is 1. The third-order valence-electron chi connectivity index (χ3n) is 2.80. The molecule has 0 aliphatic rings. The van der Waals surface area contributed by atoms with Crippen LogP contribution in [0.4, 0.5) is 5.82 Å². The SMILES string of the molecule is CNCC(C)CN(C)c1nccn2nccc12. The van der Waals surface area contributed by atoms with Crippen LogP contribution in [0.3, 0.4) is 0 Å². The van der Waals surface area contributed by atoms with Crippen LogP contribution in [0.5, 0.6) is 0 Å². The summed E-state index contributed by atoms with van der Waals surface area (Å²) >= 11 is 0. The van der Waals surface area contributed by atoms with Crippen molar-refractivity contribution in [1.82, 2.24) is 19.9 Å². The number of nitrogens with one attached hydrogen (secondary N) is 1. The first kappa shape index (κ1) is 11.9. The summed E-state index contributed by atoms with van der Waals surface area (Å²) in [6, 6.07) is 1.99. The van der Waals surface area contributed by atoms with Crippen LogP contribution in [0.15, 0.2) is 24.7 Å². The molecule has 5 heteroatoms. The lowest BCUT2D eigenvalue weighted by Crippen LogP contribution is -2.30. The van der Waals surface area contributed by atoms with Gasteiger partial charge in [-0.15, -0.1) is 0 Å². The zero-order valence-electron chi connectivity index (χ0n) is 10.6. The highest BCUT2D eigenvalue weighted by Crippen LogP contribution is 2.17. The van der Waals surface area contributed by atoms with E-state index >= 15 is 0 Å². The first-order valence-electron chi connectivity index (χ1n) is 5.86. The van der Waals surface area contributed by atoms with Gasteiger partial charge in [0.15, 0.2) is 5.82 Å². The molecule has 0 radical (unpaired) electrons. The number of aromatic nitrogens is 3. The summed E-state index contributed by atoms with van der Waals surface area (Å²) in [5.74, 6) is 1.56. The summed E-state index contributed by atoms with van der Waals surface area (Å²) in [6.45, 7) is 4.20. The summed E-state index contributed by atoms with van der Waals surface area (Å²) in [5.41, 5.74) is 1.05. The predicted molar refractivity (Wildman–Crippen MR) is 69.3 cm³/mol. The molecule has 2 rings (SSSR count). The Morgan fingerprint density at radius 1 is 1.47 bits per heavy atom. The van der Waals surface area contributed by atoms with Gasteiger partial charge in [0.1, 0.15) is 5.52 Å². The number of rotatable bonds is 5. The van der Waals surface area contributed by atoms with Gasteiger partial charge in [-0.1, -0.05) is 6.92 Å². The van der Waals surface area contributed by atoms with Crippen molar-refractivity contribution in [2.45, 2.75) is 6.92 Å². The zero-order chi connectivity index (χ0) is 12.3. The molecule has 0 fully saturated rings. The molecule has 2 heterocycles. The van der Waals surface area contributed by atoms with Gasteiger partial charge in [0, 0.05) is 26.0 Å². The molecule has 0 spiro atoms. The van der Waals surface area contributed by atoms with E-state index in [1.54, 1.807) is 12.4 Å². The normalized spacial score (nSPS) is 12.9. The molecule has 0 aliphatic carbocycles. The van der Waals surface area contributed by atoms with E-state index in [2.05, 4.69) is 34.3 Å². The summed E-state index contributed by atoms with van der Waals surface area (Å²) < 4.78 is 1.85. The average Bonchev–Trinajstić information content (AvgIpc) is 2.76. The van der Waals surface area contributed by atoms with Crippen LogP contribution in [-0.4, -0.2) is 41.8 Å². The van der Waals surface area contributed by atoms with Gasteiger partial charge in [-0.05, 0) is 25.6 Å². The molecule has 0 aliphatic heterocycles. The van der Waals surface area contributed by atoms with E-state index in [4.69, 9.17) is 0 Å². The molecule has 17 heavy (non-hydrogen) atoms. The van der Waals surface area contributed by atoms with Crippen LogP contribution in [0.25, 0.3) is 5.52 Å². The lowest BCUT2D eigenvalue weighted by Gasteiger charge is -2.22. The third-order valence-corrected chi connectivity index (χ3v) is 2.80.